The van der Waals surface area contributed by atoms with Gasteiger partial charge in [0.05, 0.1) is 17.2 Å². The van der Waals surface area contributed by atoms with Gasteiger partial charge in [0.15, 0.2) is 11.0 Å². The highest BCUT2D eigenvalue weighted by molar-refractivity contribution is 7.99. The molecule has 2 N–H and O–H groups in total. The average Bonchev–Trinajstić information content (AvgIpc) is 3.31. The summed E-state index contributed by atoms with van der Waals surface area (Å²) < 4.78 is 1.76. The molecule has 2 heterocycles. The summed E-state index contributed by atoms with van der Waals surface area (Å²) >= 11 is 8.47. The molecule has 27 heavy (non-hydrogen) atoms. The number of aromatic nitrogens is 3. The van der Waals surface area contributed by atoms with Gasteiger partial charge in [0.1, 0.15) is 0 Å². The van der Waals surface area contributed by atoms with Crippen LogP contribution in [0.3, 0.4) is 0 Å². The molecule has 0 saturated heterocycles. The van der Waals surface area contributed by atoms with E-state index in [9.17, 15) is 9.59 Å². The van der Waals surface area contributed by atoms with Crippen LogP contribution in [-0.2, 0) is 18.4 Å². The number of benzene rings is 1. The molecule has 0 atom stereocenters. The largest absolute Gasteiger partial charge is 0.344 e. The van der Waals surface area contributed by atoms with Crippen LogP contribution in [0.15, 0.2) is 46.9 Å². The van der Waals surface area contributed by atoms with Crippen molar-refractivity contribution in [2.45, 2.75) is 11.7 Å². The third kappa shape index (κ3) is 5.31. The first-order chi connectivity index (χ1) is 13.0. The maximum Gasteiger partial charge on any atom is 0.261 e. The van der Waals surface area contributed by atoms with Crippen LogP contribution in [0.4, 0.5) is 5.69 Å². The number of hydrogen-bond acceptors (Lipinski definition) is 6. The number of amides is 2. The maximum absolute atomic E-state index is 12.1. The number of thiophene rings is 1. The Morgan fingerprint density at radius 2 is 2.00 bits per heavy atom. The number of hydrogen-bond donors (Lipinski definition) is 2. The predicted octanol–water partition coefficient (Wildman–Crippen LogP) is 3.19. The number of nitrogens with zero attached hydrogens (tertiary/aromatic N) is 3. The number of carbonyl (C=O) groups is 2. The highest BCUT2D eigenvalue weighted by atomic mass is 35.5. The van der Waals surface area contributed by atoms with Crippen LogP contribution in [0.25, 0.3) is 0 Å². The van der Waals surface area contributed by atoms with Crippen molar-refractivity contribution in [2.75, 3.05) is 11.1 Å². The van der Waals surface area contributed by atoms with Crippen LogP contribution in [0.5, 0.6) is 0 Å². The summed E-state index contributed by atoms with van der Waals surface area (Å²) in [6.45, 7) is 0.262. The number of anilines is 1. The van der Waals surface area contributed by atoms with E-state index in [1.165, 1.54) is 23.1 Å². The lowest BCUT2D eigenvalue weighted by Gasteiger charge is -2.06. The second-order valence-electron chi connectivity index (χ2n) is 5.46. The second-order valence-corrected chi connectivity index (χ2v) is 7.79. The summed E-state index contributed by atoms with van der Waals surface area (Å²) in [7, 11) is 1.80. The Hall–Kier alpha value is -2.36. The van der Waals surface area contributed by atoms with E-state index in [0.29, 0.717) is 26.6 Å². The van der Waals surface area contributed by atoms with Crippen molar-refractivity contribution in [3.63, 3.8) is 0 Å². The summed E-state index contributed by atoms with van der Waals surface area (Å²) in [6.07, 6.45) is 0. The summed E-state index contributed by atoms with van der Waals surface area (Å²) in [5, 5.41) is 16.8. The normalized spacial score (nSPS) is 10.6. The van der Waals surface area contributed by atoms with Gasteiger partial charge in [0.25, 0.3) is 5.91 Å². The molecule has 0 bridgehead atoms. The second kappa shape index (κ2) is 9.03. The Morgan fingerprint density at radius 1 is 1.22 bits per heavy atom. The zero-order chi connectivity index (χ0) is 19.2. The topological polar surface area (TPSA) is 88.9 Å². The molecule has 3 aromatic rings. The maximum atomic E-state index is 12.1. The Morgan fingerprint density at radius 3 is 2.70 bits per heavy atom. The molecule has 0 aliphatic rings. The van der Waals surface area contributed by atoms with E-state index in [1.54, 1.807) is 41.9 Å². The molecule has 10 heteroatoms. The van der Waals surface area contributed by atoms with Gasteiger partial charge < -0.3 is 15.2 Å². The SMILES string of the molecule is Cn1c(CNC(=O)c2cccs2)nnc1SCC(=O)Nc1ccc(Cl)cc1. The lowest BCUT2D eigenvalue weighted by atomic mass is 10.3. The standard InChI is InChI=1S/C17H16ClN5O2S2/c1-23-14(9-19-16(25)13-3-2-8-26-13)21-22-17(23)27-10-15(24)20-12-6-4-11(18)5-7-12/h2-8H,9-10H2,1H3,(H,19,25)(H,20,24). The van der Waals surface area contributed by atoms with Crippen molar-refractivity contribution in [2.24, 2.45) is 7.05 Å². The van der Waals surface area contributed by atoms with E-state index in [4.69, 9.17) is 11.6 Å². The van der Waals surface area contributed by atoms with Gasteiger partial charge in [-0.25, -0.2) is 0 Å². The third-order valence-electron chi connectivity index (χ3n) is 3.54. The lowest BCUT2D eigenvalue weighted by molar-refractivity contribution is -0.113. The minimum atomic E-state index is -0.155. The molecule has 2 amide bonds. The molecule has 0 aliphatic heterocycles. The van der Waals surface area contributed by atoms with Crippen molar-refractivity contribution in [3.8, 4) is 0 Å². The van der Waals surface area contributed by atoms with E-state index in [2.05, 4.69) is 20.8 Å². The molecule has 7 nitrogen and oxygen atoms in total. The number of halogens is 1. The molecule has 3 rings (SSSR count). The van der Waals surface area contributed by atoms with Crippen LogP contribution in [0.1, 0.15) is 15.5 Å². The van der Waals surface area contributed by atoms with Gasteiger partial charge in [-0.05, 0) is 35.7 Å². The average molecular weight is 422 g/mol. The molecule has 0 aliphatic carbocycles. The number of thioether (sulfide) groups is 1. The zero-order valence-electron chi connectivity index (χ0n) is 14.3. The molecule has 0 unspecified atom stereocenters. The minimum absolute atomic E-state index is 0.149. The first-order valence-electron chi connectivity index (χ1n) is 7.91. The van der Waals surface area contributed by atoms with Crippen LogP contribution >= 0.6 is 34.7 Å². The predicted molar refractivity (Wildman–Crippen MR) is 107 cm³/mol. The van der Waals surface area contributed by atoms with E-state index in [-0.39, 0.29) is 24.1 Å². The van der Waals surface area contributed by atoms with Gasteiger partial charge in [-0.1, -0.05) is 29.4 Å². The fourth-order valence-electron chi connectivity index (χ4n) is 2.14. The zero-order valence-corrected chi connectivity index (χ0v) is 16.7. The molecule has 0 fully saturated rings. The molecular weight excluding hydrogens is 406 g/mol. The Bertz CT molecular complexity index is 925. The first-order valence-corrected chi connectivity index (χ1v) is 10.2. The van der Waals surface area contributed by atoms with Crippen molar-refractivity contribution in [1.29, 1.82) is 0 Å². The fourth-order valence-corrected chi connectivity index (χ4v) is 3.64. The molecule has 0 radical (unpaired) electrons. The van der Waals surface area contributed by atoms with Gasteiger partial charge in [0, 0.05) is 17.8 Å². The summed E-state index contributed by atoms with van der Waals surface area (Å²) in [5.74, 6) is 0.499. The van der Waals surface area contributed by atoms with Gasteiger partial charge in [-0.15, -0.1) is 21.5 Å². The quantitative estimate of drug-likeness (QED) is 0.572. The Balaban J connectivity index is 1.50. The monoisotopic (exact) mass is 421 g/mol. The molecule has 2 aromatic heterocycles. The van der Waals surface area contributed by atoms with E-state index >= 15 is 0 Å². The van der Waals surface area contributed by atoms with Gasteiger partial charge in [-0.2, -0.15) is 0 Å². The minimum Gasteiger partial charge on any atom is -0.344 e. The first kappa shape index (κ1) is 19.4. The highest BCUT2D eigenvalue weighted by Crippen LogP contribution is 2.18. The lowest BCUT2D eigenvalue weighted by Crippen LogP contribution is -2.23. The summed E-state index contributed by atoms with van der Waals surface area (Å²) in [6, 6.07) is 10.5. The van der Waals surface area contributed by atoms with Gasteiger partial charge in [0.2, 0.25) is 5.91 Å². The van der Waals surface area contributed by atoms with Crippen molar-refractivity contribution < 1.29 is 9.59 Å². The van der Waals surface area contributed by atoms with Crippen LogP contribution in [0, 0.1) is 0 Å². The van der Waals surface area contributed by atoms with Gasteiger partial charge in [-0.3, -0.25) is 9.59 Å². The van der Waals surface area contributed by atoms with Gasteiger partial charge >= 0.3 is 0 Å². The molecule has 0 spiro atoms. The molecular formula is C17H16ClN5O2S2. The summed E-state index contributed by atoms with van der Waals surface area (Å²) in [4.78, 5) is 24.7. The van der Waals surface area contributed by atoms with Crippen molar-refractivity contribution in [3.05, 3.63) is 57.5 Å². The van der Waals surface area contributed by atoms with E-state index < -0.39 is 0 Å². The van der Waals surface area contributed by atoms with Crippen molar-refractivity contribution >= 4 is 52.2 Å². The molecule has 1 aromatic carbocycles. The fraction of sp³-hybridized carbons (Fsp3) is 0.176. The van der Waals surface area contributed by atoms with Crippen molar-refractivity contribution in [1.82, 2.24) is 20.1 Å². The molecule has 0 saturated carbocycles. The van der Waals surface area contributed by atoms with E-state index in [0.717, 1.165) is 0 Å². The smallest absolute Gasteiger partial charge is 0.261 e. The number of nitrogens with one attached hydrogen (secondary N) is 2. The number of carbonyl (C=O) groups excluding carboxylic acids is 2. The van der Waals surface area contributed by atoms with Crippen LogP contribution < -0.4 is 10.6 Å². The molecule has 140 valence electrons. The van der Waals surface area contributed by atoms with Crippen LogP contribution in [-0.4, -0.2) is 32.3 Å². The Kier molecular flexibility index (Phi) is 6.49. The summed E-state index contributed by atoms with van der Waals surface area (Å²) in [5.41, 5.74) is 0.681. The highest BCUT2D eigenvalue weighted by Gasteiger charge is 2.13. The third-order valence-corrected chi connectivity index (χ3v) is 5.68. The van der Waals surface area contributed by atoms with E-state index in [1.807, 2.05) is 11.4 Å². The Labute approximate surface area is 169 Å². The number of rotatable bonds is 7. The van der Waals surface area contributed by atoms with Crippen LogP contribution in [0.2, 0.25) is 5.02 Å².